The number of aliphatic hydroxyl groups is 4. The van der Waals surface area contributed by atoms with Crippen molar-refractivity contribution in [3.8, 4) is 56.5 Å². The minimum absolute atomic E-state index is 0.0111. The Hall–Kier alpha value is -14.0. The van der Waals surface area contributed by atoms with Crippen molar-refractivity contribution in [2.75, 3.05) is 26.2 Å². The number of H-pyrrole nitrogens is 4. The van der Waals surface area contributed by atoms with Gasteiger partial charge in [-0.2, -0.15) is 17.6 Å². The van der Waals surface area contributed by atoms with Gasteiger partial charge in [0.25, 0.3) is 0 Å². The van der Waals surface area contributed by atoms with Gasteiger partial charge in [-0.3, -0.25) is 38.4 Å². The molecule has 12 aromatic rings. The van der Waals surface area contributed by atoms with Crippen LogP contribution in [0.4, 0.5) is 70.2 Å². The number of aromatic nitrogens is 4. The Morgan fingerprint density at radius 1 is 0.320 bits per heavy atom. The Morgan fingerprint density at radius 2 is 0.625 bits per heavy atom. The monoisotopic (exact) mass is 1800 g/mol. The summed E-state index contributed by atoms with van der Waals surface area (Å²) in [4.78, 5) is 108. The normalized spacial score (nSPS) is 18.2. The molecule has 128 heavy (non-hydrogen) atoms. The molecular weight excluding hydrogens is 1730 g/mol. The Morgan fingerprint density at radius 3 is 0.969 bits per heavy atom. The van der Waals surface area contributed by atoms with Crippen LogP contribution in [-0.4, -0.2) is 176 Å². The predicted octanol–water partition coefficient (Wildman–Crippen LogP) is 9.84. The molecule has 8 amide bonds. The zero-order valence-electron chi connectivity index (χ0n) is 65.9. The number of hydrogen-bond donors (Lipinski definition) is 16. The molecule has 8 aromatic carbocycles. The molecule has 4 saturated heterocycles. The van der Waals surface area contributed by atoms with Gasteiger partial charge in [0.05, 0.1) is 22.1 Å². The lowest BCUT2D eigenvalue weighted by molar-refractivity contribution is -0.128. The first-order valence-electron chi connectivity index (χ1n) is 38.9. The van der Waals surface area contributed by atoms with Crippen molar-refractivity contribution < 1.29 is 139 Å². The number of alkyl halides is 4. The SMILES string of the molecule is O=C(CCc1c(-c2cc(F)cc(F)c2)[nH]c2c(F)cc(F)cc12)N[C@@H]1C(=O)NC[C@H]1O.O=C(CCc1c(-c2ccc(F)c(F)c2)[nH]c2c(F)cc(F)cc12)N[C@@H]1C(=O)NC[C@H]1O.O=C(CCc1c(-c2ccc(F)cc2)[nH]c2c(F)cc(OC(F)F)cc12)N[C@@H]1C(=O)NC[C@H]1O.O=C(CCc1c(-c2ccc(F)cc2)[nH]c2c(OC(F)F)cc(F)cc12)N[C@@H]1C(=O)NC[C@H]1O. The molecule has 0 unspecified atom stereocenters. The van der Waals surface area contributed by atoms with Crippen LogP contribution in [0.2, 0.25) is 0 Å². The lowest BCUT2D eigenvalue weighted by Crippen LogP contribution is -2.45. The fourth-order valence-electron chi connectivity index (χ4n) is 15.1. The fourth-order valence-corrected chi connectivity index (χ4v) is 15.1. The van der Waals surface area contributed by atoms with Crippen molar-refractivity contribution in [2.45, 2.75) is 113 Å². The van der Waals surface area contributed by atoms with Crippen LogP contribution in [0.1, 0.15) is 47.9 Å². The number of carbonyl (C=O) groups is 8. The number of rotatable bonds is 24. The third-order valence-corrected chi connectivity index (χ3v) is 21.1. The van der Waals surface area contributed by atoms with Crippen molar-refractivity contribution in [2.24, 2.45) is 0 Å². The maximum absolute atomic E-state index is 14.7. The highest BCUT2D eigenvalue weighted by atomic mass is 19.3. The quantitative estimate of drug-likeness (QED) is 0.0250. The summed E-state index contributed by atoms with van der Waals surface area (Å²) >= 11 is 0. The molecule has 4 aliphatic rings. The van der Waals surface area contributed by atoms with Gasteiger partial charge in [-0.1, -0.05) is 0 Å². The van der Waals surface area contributed by atoms with Gasteiger partial charge in [-0.05, 0) is 162 Å². The topological polar surface area (TPSA) is 395 Å². The maximum Gasteiger partial charge on any atom is 0.387 e. The molecule has 4 aromatic heterocycles. The van der Waals surface area contributed by atoms with Crippen LogP contribution in [0.3, 0.4) is 0 Å². The van der Waals surface area contributed by atoms with Gasteiger partial charge >= 0.3 is 13.2 Å². The number of amides is 8. The number of nitrogens with one attached hydrogen (secondary N) is 12. The number of aryl methyl sites for hydroxylation is 4. The smallest absolute Gasteiger partial charge is 0.387 e. The van der Waals surface area contributed by atoms with Gasteiger partial charge in [0.15, 0.2) is 23.2 Å². The molecule has 4 aliphatic heterocycles. The molecule has 4 fully saturated rings. The van der Waals surface area contributed by atoms with E-state index in [9.17, 15) is 129 Å². The molecule has 8 heterocycles. The molecule has 0 saturated carbocycles. The van der Waals surface area contributed by atoms with E-state index in [1.807, 2.05) is 0 Å². The number of fused-ring (bicyclic) bond motifs is 4. The Kier molecular flexibility index (Phi) is 28.1. The molecule has 0 aliphatic carbocycles. The van der Waals surface area contributed by atoms with E-state index >= 15 is 0 Å². The van der Waals surface area contributed by atoms with E-state index in [2.05, 4.69) is 71.9 Å². The molecule has 42 heteroatoms. The summed E-state index contributed by atoms with van der Waals surface area (Å²) in [6.45, 7) is -6.27. The van der Waals surface area contributed by atoms with Crippen molar-refractivity contribution in [3.05, 3.63) is 226 Å². The number of hydrogen-bond acceptors (Lipinski definition) is 14. The first-order valence-corrected chi connectivity index (χ1v) is 38.9. The molecule has 0 radical (unpaired) electrons. The highest BCUT2D eigenvalue weighted by Crippen LogP contribution is 2.41. The van der Waals surface area contributed by atoms with Gasteiger partial charge in [-0.15, -0.1) is 0 Å². The number of halogens is 16. The first kappa shape index (κ1) is 91.7. The van der Waals surface area contributed by atoms with Crippen molar-refractivity contribution in [1.82, 2.24) is 62.5 Å². The fraction of sp³-hybridized carbons (Fsp3) is 0.256. The second-order valence-electron chi connectivity index (χ2n) is 29.7. The molecule has 0 spiro atoms. The van der Waals surface area contributed by atoms with Gasteiger partial charge in [-0.25, -0.2) is 52.7 Å². The van der Waals surface area contributed by atoms with Gasteiger partial charge in [0, 0.05) is 138 Å². The lowest BCUT2D eigenvalue weighted by Gasteiger charge is -2.14. The summed E-state index contributed by atoms with van der Waals surface area (Å²) in [6.07, 6.45) is -4.96. The molecule has 26 nitrogen and oxygen atoms in total. The van der Waals surface area contributed by atoms with Crippen molar-refractivity contribution in [3.63, 3.8) is 0 Å². The van der Waals surface area contributed by atoms with E-state index in [0.29, 0.717) is 57.4 Å². The minimum Gasteiger partial charge on any atom is -0.435 e. The van der Waals surface area contributed by atoms with Crippen LogP contribution in [0.15, 0.2) is 133 Å². The summed E-state index contributed by atoms with van der Waals surface area (Å²) < 4.78 is 226. The van der Waals surface area contributed by atoms with E-state index < -0.39 is 190 Å². The summed E-state index contributed by atoms with van der Waals surface area (Å²) in [5.74, 6) is -15.1. The van der Waals surface area contributed by atoms with Crippen LogP contribution in [0.5, 0.6) is 11.5 Å². The zero-order valence-corrected chi connectivity index (χ0v) is 65.9. The second kappa shape index (κ2) is 39.3. The van der Waals surface area contributed by atoms with Crippen LogP contribution in [-0.2, 0) is 64.0 Å². The summed E-state index contributed by atoms with van der Waals surface area (Å²) in [6, 6.07) is 19.6. The highest BCUT2D eigenvalue weighted by Gasteiger charge is 2.39. The van der Waals surface area contributed by atoms with Crippen LogP contribution in [0.25, 0.3) is 88.6 Å². The number of benzene rings is 8. The zero-order chi connectivity index (χ0) is 92.0. The van der Waals surface area contributed by atoms with Crippen LogP contribution >= 0.6 is 0 Å². The van der Waals surface area contributed by atoms with Crippen LogP contribution in [0, 0.1) is 69.8 Å². The van der Waals surface area contributed by atoms with E-state index in [1.165, 1.54) is 60.7 Å². The largest absolute Gasteiger partial charge is 0.435 e. The molecular formula is C86H72F16N12O14. The number of aliphatic hydroxyl groups excluding tert-OH is 4. The highest BCUT2D eigenvalue weighted by molar-refractivity contribution is 5.99. The predicted molar refractivity (Wildman–Crippen MR) is 425 cm³/mol. The Balaban J connectivity index is 0.000000146. The molecule has 8 atom stereocenters. The third-order valence-electron chi connectivity index (χ3n) is 21.1. The van der Waals surface area contributed by atoms with Crippen molar-refractivity contribution >= 4 is 90.9 Å². The Bertz CT molecular complexity index is 6200. The number of aromatic amines is 4. The standard InChI is InChI=1S/2C22H19F4N3O4.2C21H17F4N3O3/c23-11-3-1-10(2-4-11)18-13(5-6-17(31)28-20-15(30)9-27-21(20)32)14-7-12(24)8-16(19(14)29-18)33-22(25)26;23-11-3-1-10(2-4-11)18-13(5-6-17(31)28-20-16(30)9-27-21(20)32)14-7-12(33-22(25)26)8-15(24)19(14)29-18;22-10-6-12-11(2-4-17(30)27-20-16(29)8-26-21(20)31)18(28-19(12)15(25)7-10)9-1-3-13(23)14(24)5-9;22-10-3-9(4-11(23)5-10)18-13(14-6-12(24)7-15(25)19(14)28-18)1-2-17(30)27-20-16(29)8-26-21(20)31/h1-4,7-8,15,20,22,29-30H,5-6,9H2,(H,27,32)(H,28,31);1-4,7-8,16,20,22,29-30H,5-6,9H2,(H,27,32)(H,28,31);1,3,5-7,16,20,28-29H,2,4,8H2,(H,26,31)(H,27,30);3-7,16,20,28-29H,1-2,8H2,(H,26,31)(H,27,30)/t15-,20+;3*16-,20+/m1111/s1. The average molecular weight is 1800 g/mol. The lowest BCUT2D eigenvalue weighted by atomic mass is 10.0. The number of ether oxygens (including phenoxy) is 2. The molecule has 672 valence electrons. The van der Waals surface area contributed by atoms with E-state index in [0.717, 1.165) is 54.6 Å². The molecule has 16 rings (SSSR count). The Labute approximate surface area is 710 Å². The average Bonchev–Trinajstić information content (AvgIpc) is 1.63. The minimum atomic E-state index is -3.19. The van der Waals surface area contributed by atoms with E-state index in [-0.39, 0.29) is 149 Å². The summed E-state index contributed by atoms with van der Waals surface area (Å²) in [5.41, 5.74) is 3.78. The van der Waals surface area contributed by atoms with Gasteiger partial charge in [0.1, 0.15) is 107 Å². The van der Waals surface area contributed by atoms with Crippen LogP contribution < -0.4 is 52.0 Å². The summed E-state index contributed by atoms with van der Waals surface area (Å²) in [7, 11) is 0. The van der Waals surface area contributed by atoms with Gasteiger partial charge in [0.2, 0.25) is 47.3 Å². The maximum atomic E-state index is 14.7. The van der Waals surface area contributed by atoms with E-state index in [4.69, 9.17) is 0 Å². The number of β-amino-alcohol motifs (C(OH)–C–C–N with tert-alkyl or cyclic N) is 4. The van der Waals surface area contributed by atoms with E-state index in [1.54, 1.807) is 0 Å². The molecule has 16 N–H and O–H groups in total. The molecule has 0 bridgehead atoms. The van der Waals surface area contributed by atoms with Gasteiger partial charge < -0.3 is 92.4 Å². The number of carbonyl (C=O) groups excluding carboxylic acids is 8. The first-order chi connectivity index (χ1) is 60.9. The summed E-state index contributed by atoms with van der Waals surface area (Å²) in [5, 5.41) is 59.2. The third kappa shape index (κ3) is 21.2. The second-order valence-corrected chi connectivity index (χ2v) is 29.7. The van der Waals surface area contributed by atoms with Crippen molar-refractivity contribution in [1.29, 1.82) is 0 Å².